The molecular weight excluding hydrogens is 304 g/mol. The van der Waals surface area contributed by atoms with Crippen LogP contribution in [-0.2, 0) is 0 Å². The molecular formula is C20H14O2S. The van der Waals surface area contributed by atoms with Crippen LogP contribution >= 0.6 is 11.3 Å². The quantitative estimate of drug-likeness (QED) is 0.457. The van der Waals surface area contributed by atoms with Gasteiger partial charge in [-0.15, -0.1) is 11.3 Å². The molecule has 2 aromatic carbocycles. The third-order valence-corrected chi connectivity index (χ3v) is 4.78. The summed E-state index contributed by atoms with van der Waals surface area (Å²) in [6.45, 7) is 2.05. The van der Waals surface area contributed by atoms with E-state index in [1.54, 1.807) is 11.3 Å². The molecule has 4 aromatic rings. The SMILES string of the molecule is Cc1ccc2oc(=O)c(-c3ccccc3)c(-c3cccs3)c2c1. The number of fused-ring (bicyclic) bond motifs is 1. The predicted octanol–water partition coefficient (Wildman–Crippen LogP) is 5.50. The number of hydrogen-bond acceptors (Lipinski definition) is 3. The monoisotopic (exact) mass is 318 g/mol. The predicted molar refractivity (Wildman–Crippen MR) is 96.0 cm³/mol. The molecule has 112 valence electrons. The molecule has 2 aromatic heterocycles. The standard InChI is InChI=1S/C20H14O2S/c1-13-9-10-16-15(12-13)19(17-8-5-11-23-17)18(20(21)22-16)14-6-3-2-4-7-14/h2-12H,1H3. The number of benzene rings is 2. The summed E-state index contributed by atoms with van der Waals surface area (Å²) in [6.07, 6.45) is 0. The van der Waals surface area contributed by atoms with Gasteiger partial charge in [0.25, 0.3) is 0 Å². The maximum atomic E-state index is 12.7. The van der Waals surface area contributed by atoms with Crippen molar-refractivity contribution in [2.24, 2.45) is 0 Å². The lowest BCUT2D eigenvalue weighted by Crippen LogP contribution is -2.05. The van der Waals surface area contributed by atoms with E-state index in [0.29, 0.717) is 11.1 Å². The van der Waals surface area contributed by atoms with E-state index in [4.69, 9.17) is 4.42 Å². The van der Waals surface area contributed by atoms with Gasteiger partial charge in [-0.1, -0.05) is 48.0 Å². The maximum absolute atomic E-state index is 12.7. The molecule has 0 aliphatic carbocycles. The number of aryl methyl sites for hydroxylation is 1. The lowest BCUT2D eigenvalue weighted by Gasteiger charge is -2.11. The van der Waals surface area contributed by atoms with Crippen LogP contribution in [0, 0.1) is 6.92 Å². The Kier molecular flexibility index (Phi) is 3.36. The second-order valence-corrected chi connectivity index (χ2v) is 6.43. The normalized spacial score (nSPS) is 11.0. The van der Waals surface area contributed by atoms with Crippen LogP contribution in [0.15, 0.2) is 75.3 Å². The summed E-state index contributed by atoms with van der Waals surface area (Å²) in [7, 11) is 0. The van der Waals surface area contributed by atoms with Crippen molar-refractivity contribution in [1.82, 2.24) is 0 Å². The summed E-state index contributed by atoms with van der Waals surface area (Å²) < 4.78 is 5.59. The van der Waals surface area contributed by atoms with Gasteiger partial charge >= 0.3 is 5.63 Å². The highest BCUT2D eigenvalue weighted by Crippen LogP contribution is 2.38. The Balaban J connectivity index is 2.19. The Morgan fingerprint density at radius 1 is 0.913 bits per heavy atom. The van der Waals surface area contributed by atoms with Crippen molar-refractivity contribution in [1.29, 1.82) is 0 Å². The maximum Gasteiger partial charge on any atom is 0.344 e. The second-order valence-electron chi connectivity index (χ2n) is 5.48. The first kappa shape index (κ1) is 14.0. The van der Waals surface area contributed by atoms with E-state index in [0.717, 1.165) is 27.0 Å². The van der Waals surface area contributed by atoms with Gasteiger partial charge in [0, 0.05) is 15.8 Å². The molecule has 0 spiro atoms. The molecule has 23 heavy (non-hydrogen) atoms. The van der Waals surface area contributed by atoms with Gasteiger partial charge < -0.3 is 4.42 Å². The molecule has 0 bridgehead atoms. The fraction of sp³-hybridized carbons (Fsp3) is 0.0500. The molecule has 2 nitrogen and oxygen atoms in total. The first-order valence-electron chi connectivity index (χ1n) is 7.41. The number of rotatable bonds is 2. The van der Waals surface area contributed by atoms with Gasteiger partial charge in [0.05, 0.1) is 5.56 Å². The third-order valence-electron chi connectivity index (χ3n) is 3.89. The Labute approximate surface area is 137 Å². The summed E-state index contributed by atoms with van der Waals surface area (Å²) in [5.74, 6) is 0. The summed E-state index contributed by atoms with van der Waals surface area (Å²) in [6, 6.07) is 19.7. The lowest BCUT2D eigenvalue weighted by atomic mass is 9.96. The highest BCUT2D eigenvalue weighted by Gasteiger charge is 2.18. The van der Waals surface area contributed by atoms with Gasteiger partial charge in [-0.25, -0.2) is 4.79 Å². The highest BCUT2D eigenvalue weighted by atomic mass is 32.1. The zero-order chi connectivity index (χ0) is 15.8. The van der Waals surface area contributed by atoms with Crippen LogP contribution in [0.25, 0.3) is 32.5 Å². The first-order valence-corrected chi connectivity index (χ1v) is 8.29. The molecule has 0 amide bonds. The minimum Gasteiger partial charge on any atom is -0.422 e. The van der Waals surface area contributed by atoms with Crippen molar-refractivity contribution in [2.75, 3.05) is 0 Å². The van der Waals surface area contributed by atoms with E-state index in [1.807, 2.05) is 66.9 Å². The van der Waals surface area contributed by atoms with Crippen molar-refractivity contribution in [3.8, 4) is 21.6 Å². The van der Waals surface area contributed by atoms with Gasteiger partial charge in [-0.05, 0) is 36.1 Å². The molecule has 0 aliphatic rings. The van der Waals surface area contributed by atoms with Crippen molar-refractivity contribution in [2.45, 2.75) is 6.92 Å². The van der Waals surface area contributed by atoms with E-state index in [2.05, 4.69) is 6.07 Å². The minimum absolute atomic E-state index is 0.295. The highest BCUT2D eigenvalue weighted by molar-refractivity contribution is 7.13. The molecule has 2 heterocycles. The van der Waals surface area contributed by atoms with Crippen molar-refractivity contribution in [3.63, 3.8) is 0 Å². The first-order chi connectivity index (χ1) is 11.2. The molecule has 0 unspecified atom stereocenters. The summed E-state index contributed by atoms with van der Waals surface area (Å²) in [5.41, 5.74) is 3.95. The average molecular weight is 318 g/mol. The van der Waals surface area contributed by atoms with Gasteiger partial charge in [-0.3, -0.25) is 0 Å². The van der Waals surface area contributed by atoms with Crippen LogP contribution in [0.4, 0.5) is 0 Å². The van der Waals surface area contributed by atoms with E-state index in [-0.39, 0.29) is 5.63 Å². The van der Waals surface area contributed by atoms with E-state index < -0.39 is 0 Å². The van der Waals surface area contributed by atoms with Crippen LogP contribution < -0.4 is 5.63 Å². The molecule has 4 rings (SSSR count). The Morgan fingerprint density at radius 3 is 2.48 bits per heavy atom. The van der Waals surface area contributed by atoms with Crippen molar-refractivity contribution < 1.29 is 4.42 Å². The van der Waals surface area contributed by atoms with Crippen LogP contribution in [0.1, 0.15) is 5.56 Å². The van der Waals surface area contributed by atoms with E-state index in [9.17, 15) is 4.79 Å². The largest absolute Gasteiger partial charge is 0.422 e. The molecule has 0 radical (unpaired) electrons. The second kappa shape index (κ2) is 5.52. The number of thiophene rings is 1. The van der Waals surface area contributed by atoms with E-state index in [1.165, 1.54) is 0 Å². The Morgan fingerprint density at radius 2 is 1.74 bits per heavy atom. The summed E-state index contributed by atoms with van der Waals surface area (Å²) in [4.78, 5) is 13.7. The molecule has 0 N–H and O–H groups in total. The smallest absolute Gasteiger partial charge is 0.344 e. The average Bonchev–Trinajstić information content (AvgIpc) is 3.09. The van der Waals surface area contributed by atoms with Gasteiger partial charge in [0.15, 0.2) is 0 Å². The van der Waals surface area contributed by atoms with Crippen molar-refractivity contribution >= 4 is 22.3 Å². The van der Waals surface area contributed by atoms with Crippen LogP contribution in [-0.4, -0.2) is 0 Å². The van der Waals surface area contributed by atoms with Crippen LogP contribution in [0.3, 0.4) is 0 Å². The third kappa shape index (κ3) is 2.39. The fourth-order valence-electron chi connectivity index (χ4n) is 2.86. The van der Waals surface area contributed by atoms with Crippen LogP contribution in [0.2, 0.25) is 0 Å². The Bertz CT molecular complexity index is 1030. The molecule has 0 aliphatic heterocycles. The molecule has 0 atom stereocenters. The van der Waals surface area contributed by atoms with Gasteiger partial charge in [-0.2, -0.15) is 0 Å². The number of hydrogen-bond donors (Lipinski definition) is 0. The lowest BCUT2D eigenvalue weighted by molar-refractivity contribution is 0.564. The summed E-state index contributed by atoms with van der Waals surface area (Å²) >= 11 is 1.63. The Hall–Kier alpha value is -2.65. The molecule has 3 heteroatoms. The molecule has 0 saturated carbocycles. The van der Waals surface area contributed by atoms with Crippen LogP contribution in [0.5, 0.6) is 0 Å². The van der Waals surface area contributed by atoms with Gasteiger partial charge in [0.2, 0.25) is 0 Å². The minimum atomic E-state index is -0.295. The molecule has 0 saturated heterocycles. The topological polar surface area (TPSA) is 30.2 Å². The van der Waals surface area contributed by atoms with Crippen molar-refractivity contribution in [3.05, 3.63) is 82.0 Å². The summed E-state index contributed by atoms with van der Waals surface area (Å²) in [5, 5.41) is 3.01. The van der Waals surface area contributed by atoms with Gasteiger partial charge in [0.1, 0.15) is 5.58 Å². The van der Waals surface area contributed by atoms with E-state index >= 15 is 0 Å². The molecule has 0 fully saturated rings. The fourth-order valence-corrected chi connectivity index (χ4v) is 3.65. The zero-order valence-electron chi connectivity index (χ0n) is 12.6. The zero-order valence-corrected chi connectivity index (χ0v) is 13.4.